The second-order valence-corrected chi connectivity index (χ2v) is 12.3. The molecule has 0 aliphatic carbocycles. The Labute approximate surface area is 144 Å². The molecule has 0 unspecified atom stereocenters. The van der Waals surface area contributed by atoms with E-state index in [9.17, 15) is 9.90 Å². The molecule has 1 rings (SSSR count). The van der Waals surface area contributed by atoms with Crippen LogP contribution in [0.5, 0.6) is 0 Å². The molecule has 0 aliphatic heterocycles. The zero-order chi connectivity index (χ0) is 18.5. The number of benzene rings is 1. The monoisotopic (exact) mass is 346 g/mol. The van der Waals surface area contributed by atoms with Gasteiger partial charge in [-0.25, -0.2) is 4.79 Å². The molecule has 0 aliphatic rings. The minimum Gasteiger partial charge on any atom is -0.444 e. The van der Waals surface area contributed by atoms with Gasteiger partial charge in [-0.3, -0.25) is 10.7 Å². The maximum Gasteiger partial charge on any atom is 0.412 e. The molecule has 0 spiro atoms. The van der Waals surface area contributed by atoms with Gasteiger partial charge in [-0.2, -0.15) is 0 Å². The third-order valence-corrected chi connectivity index (χ3v) is 3.61. The zero-order valence-corrected chi connectivity index (χ0v) is 16.2. The van der Waals surface area contributed by atoms with Gasteiger partial charge in [0.15, 0.2) is 0 Å². The number of ether oxygens (including phenoxy) is 1. The van der Waals surface area contributed by atoms with E-state index in [-0.39, 0.29) is 12.3 Å². The van der Waals surface area contributed by atoms with Gasteiger partial charge in [0.2, 0.25) is 0 Å². The van der Waals surface area contributed by atoms with Crippen molar-refractivity contribution >= 4 is 25.6 Å². The molecule has 6 heteroatoms. The SMILES string of the molecule is CC(C)(C)OC(=O)Nc1ccc(CO)cc1C(=N)C#C[Si](C)(C)C. The van der Waals surface area contributed by atoms with Crippen LogP contribution < -0.4 is 5.32 Å². The average molecular weight is 347 g/mol. The molecule has 1 aromatic carbocycles. The van der Waals surface area contributed by atoms with E-state index in [1.807, 2.05) is 0 Å². The molecule has 24 heavy (non-hydrogen) atoms. The highest BCUT2D eigenvalue weighted by Gasteiger charge is 2.18. The van der Waals surface area contributed by atoms with E-state index in [2.05, 4.69) is 36.4 Å². The summed E-state index contributed by atoms with van der Waals surface area (Å²) in [5.41, 5.74) is 4.20. The number of aliphatic hydroxyl groups is 1. The number of amides is 1. The zero-order valence-electron chi connectivity index (χ0n) is 15.2. The fourth-order valence-corrected chi connectivity index (χ4v) is 2.24. The Morgan fingerprint density at radius 1 is 1.33 bits per heavy atom. The predicted molar refractivity (Wildman–Crippen MR) is 100 cm³/mol. The maximum atomic E-state index is 12.0. The van der Waals surface area contributed by atoms with Crippen LogP contribution in [0.4, 0.5) is 10.5 Å². The topological polar surface area (TPSA) is 82.4 Å². The van der Waals surface area contributed by atoms with Gasteiger partial charge in [-0.05, 0) is 38.5 Å². The predicted octanol–water partition coefficient (Wildman–Crippen LogP) is 3.77. The van der Waals surface area contributed by atoms with Gasteiger partial charge in [-0.15, -0.1) is 5.54 Å². The molecule has 0 heterocycles. The Kier molecular flexibility index (Phi) is 6.35. The summed E-state index contributed by atoms with van der Waals surface area (Å²) in [5.74, 6) is 2.87. The van der Waals surface area contributed by atoms with E-state index in [4.69, 9.17) is 10.1 Å². The molecule has 130 valence electrons. The molecule has 0 saturated heterocycles. The highest BCUT2D eigenvalue weighted by atomic mass is 28.3. The van der Waals surface area contributed by atoms with Crippen LogP contribution in [0.15, 0.2) is 18.2 Å². The molecule has 5 nitrogen and oxygen atoms in total. The van der Waals surface area contributed by atoms with Crippen LogP contribution in [0.25, 0.3) is 0 Å². The molecular formula is C18H26N2O3Si. The van der Waals surface area contributed by atoms with Gasteiger partial charge >= 0.3 is 6.09 Å². The van der Waals surface area contributed by atoms with E-state index in [1.165, 1.54) is 0 Å². The Bertz CT molecular complexity index is 689. The first kappa shape index (κ1) is 19.9. The summed E-state index contributed by atoms with van der Waals surface area (Å²) in [6, 6.07) is 5.00. The molecule has 0 atom stereocenters. The van der Waals surface area contributed by atoms with Crippen LogP contribution >= 0.6 is 0 Å². The quantitative estimate of drug-likeness (QED) is 0.442. The second kappa shape index (κ2) is 7.64. The van der Waals surface area contributed by atoms with Crippen LogP contribution in [0.1, 0.15) is 31.9 Å². The van der Waals surface area contributed by atoms with Gasteiger partial charge in [0.25, 0.3) is 0 Å². The second-order valence-electron chi connectivity index (χ2n) is 7.54. The first-order valence-electron chi connectivity index (χ1n) is 7.77. The lowest BCUT2D eigenvalue weighted by Crippen LogP contribution is -2.27. The smallest absolute Gasteiger partial charge is 0.412 e. The molecule has 0 radical (unpaired) electrons. The van der Waals surface area contributed by atoms with Gasteiger partial charge < -0.3 is 9.84 Å². The Balaban J connectivity index is 3.14. The van der Waals surface area contributed by atoms with Crippen molar-refractivity contribution in [3.8, 4) is 11.5 Å². The molecule has 3 N–H and O–H groups in total. The highest BCUT2D eigenvalue weighted by Crippen LogP contribution is 2.20. The number of anilines is 1. The van der Waals surface area contributed by atoms with Crippen molar-refractivity contribution in [2.45, 2.75) is 52.6 Å². The van der Waals surface area contributed by atoms with Crippen molar-refractivity contribution in [2.24, 2.45) is 0 Å². The van der Waals surface area contributed by atoms with E-state index in [0.717, 1.165) is 0 Å². The molecule has 1 aromatic rings. The van der Waals surface area contributed by atoms with E-state index in [1.54, 1.807) is 39.0 Å². The first-order chi connectivity index (χ1) is 10.9. The van der Waals surface area contributed by atoms with Crippen molar-refractivity contribution in [3.63, 3.8) is 0 Å². The minimum absolute atomic E-state index is 0.110. The number of rotatable bonds is 3. The Morgan fingerprint density at radius 2 is 1.96 bits per heavy atom. The van der Waals surface area contributed by atoms with E-state index < -0.39 is 19.8 Å². The molecule has 0 fully saturated rings. The fourth-order valence-electron chi connectivity index (χ4n) is 1.74. The van der Waals surface area contributed by atoms with Gasteiger partial charge in [0.05, 0.1) is 12.3 Å². The normalized spacial score (nSPS) is 11.3. The minimum atomic E-state index is -1.62. The molecule has 0 aromatic heterocycles. The third kappa shape index (κ3) is 6.98. The lowest BCUT2D eigenvalue weighted by molar-refractivity contribution is 0.0636. The number of aliphatic hydroxyl groups excluding tert-OH is 1. The summed E-state index contributed by atoms with van der Waals surface area (Å²) in [6.45, 7) is 11.5. The molecular weight excluding hydrogens is 320 g/mol. The summed E-state index contributed by atoms with van der Waals surface area (Å²) in [7, 11) is -1.62. The summed E-state index contributed by atoms with van der Waals surface area (Å²) in [4.78, 5) is 12.0. The van der Waals surface area contributed by atoms with Gasteiger partial charge in [0.1, 0.15) is 19.4 Å². The lowest BCUT2D eigenvalue weighted by atomic mass is 10.0. The van der Waals surface area contributed by atoms with E-state index >= 15 is 0 Å². The average Bonchev–Trinajstić information content (AvgIpc) is 2.42. The van der Waals surface area contributed by atoms with Crippen LogP contribution in [-0.4, -0.2) is 30.6 Å². The van der Waals surface area contributed by atoms with Crippen molar-refractivity contribution in [1.29, 1.82) is 5.41 Å². The van der Waals surface area contributed by atoms with Crippen molar-refractivity contribution in [3.05, 3.63) is 29.3 Å². The Hall–Kier alpha value is -2.10. The van der Waals surface area contributed by atoms with Crippen LogP contribution in [0, 0.1) is 16.9 Å². The van der Waals surface area contributed by atoms with Crippen LogP contribution in [0.3, 0.4) is 0 Å². The van der Waals surface area contributed by atoms with E-state index in [0.29, 0.717) is 16.8 Å². The van der Waals surface area contributed by atoms with Crippen molar-refractivity contribution in [2.75, 3.05) is 5.32 Å². The van der Waals surface area contributed by atoms with Gasteiger partial charge in [-0.1, -0.05) is 31.6 Å². The van der Waals surface area contributed by atoms with Crippen LogP contribution in [0.2, 0.25) is 19.6 Å². The summed E-state index contributed by atoms with van der Waals surface area (Å²) in [6.07, 6.45) is -0.591. The Morgan fingerprint density at radius 3 is 2.46 bits per heavy atom. The number of hydrogen-bond acceptors (Lipinski definition) is 4. The maximum absolute atomic E-state index is 12.0. The molecule has 0 bridgehead atoms. The lowest BCUT2D eigenvalue weighted by Gasteiger charge is -2.20. The molecule has 0 saturated carbocycles. The number of carbonyl (C=O) groups is 1. The standard InChI is InChI=1S/C18H26N2O3Si/c1-18(2,3)23-17(22)20-16-8-7-13(12-21)11-14(16)15(19)9-10-24(4,5)6/h7-8,11,19,21H,12H2,1-6H3,(H,20,22). The largest absolute Gasteiger partial charge is 0.444 e. The first-order valence-corrected chi connectivity index (χ1v) is 11.3. The van der Waals surface area contributed by atoms with Crippen molar-refractivity contribution < 1.29 is 14.6 Å². The number of hydrogen-bond donors (Lipinski definition) is 3. The fraction of sp³-hybridized carbons (Fsp3) is 0.444. The summed E-state index contributed by atoms with van der Waals surface area (Å²) in [5, 5.41) is 20.2. The summed E-state index contributed by atoms with van der Waals surface area (Å²) < 4.78 is 5.25. The molecule has 1 amide bonds. The third-order valence-electron chi connectivity index (χ3n) is 2.73. The number of nitrogens with one attached hydrogen (secondary N) is 2. The summed E-state index contributed by atoms with van der Waals surface area (Å²) >= 11 is 0. The van der Waals surface area contributed by atoms with Gasteiger partial charge in [0, 0.05) is 5.56 Å². The highest BCUT2D eigenvalue weighted by molar-refractivity contribution is 6.84. The van der Waals surface area contributed by atoms with Crippen LogP contribution in [-0.2, 0) is 11.3 Å². The van der Waals surface area contributed by atoms with Crippen molar-refractivity contribution in [1.82, 2.24) is 0 Å². The number of carbonyl (C=O) groups excluding carboxylic acids is 1.